The van der Waals surface area contributed by atoms with Crippen LogP contribution in [0.25, 0.3) is 0 Å². The highest BCUT2D eigenvalue weighted by molar-refractivity contribution is 6.30. The lowest BCUT2D eigenvalue weighted by Crippen LogP contribution is -2.52. The first kappa shape index (κ1) is 29.0. The third kappa shape index (κ3) is 7.37. The fourth-order valence-electron chi connectivity index (χ4n) is 4.83. The maximum Gasteiger partial charge on any atom is 0.410 e. The maximum absolute atomic E-state index is 13.9. The van der Waals surface area contributed by atoms with Crippen LogP contribution in [0.1, 0.15) is 29.0 Å². The molecule has 3 atom stereocenters. The first-order valence-electron chi connectivity index (χ1n) is 12.9. The number of rotatable bonds is 10. The average molecular weight is 569 g/mol. The molecule has 1 saturated heterocycles. The maximum atomic E-state index is 13.9. The van der Waals surface area contributed by atoms with Gasteiger partial charge in [-0.1, -0.05) is 66.2 Å². The van der Waals surface area contributed by atoms with Crippen molar-refractivity contribution in [3.8, 4) is 0 Å². The molecule has 3 aromatic carbocycles. The predicted octanol–water partition coefficient (Wildman–Crippen LogP) is 4.49. The van der Waals surface area contributed by atoms with Crippen LogP contribution in [-0.2, 0) is 27.4 Å². The first-order valence-corrected chi connectivity index (χ1v) is 13.3. The first-order chi connectivity index (χ1) is 19.2. The van der Waals surface area contributed by atoms with Crippen molar-refractivity contribution in [2.75, 3.05) is 19.6 Å². The predicted molar refractivity (Wildman–Crippen MR) is 146 cm³/mol. The Bertz CT molecular complexity index is 1320. The van der Waals surface area contributed by atoms with Crippen LogP contribution in [0.4, 0.5) is 9.18 Å². The minimum absolute atomic E-state index is 0.0358. The summed E-state index contributed by atoms with van der Waals surface area (Å²) in [6.45, 7) is -0.0559. The Kier molecular flexibility index (Phi) is 9.74. The summed E-state index contributed by atoms with van der Waals surface area (Å²) >= 11 is 6.09. The van der Waals surface area contributed by atoms with Gasteiger partial charge in [0.1, 0.15) is 18.5 Å². The Morgan fingerprint density at radius 2 is 1.68 bits per heavy atom. The summed E-state index contributed by atoms with van der Waals surface area (Å²) < 4.78 is 19.1. The summed E-state index contributed by atoms with van der Waals surface area (Å²) in [5.74, 6) is -2.83. The lowest BCUT2D eigenvalue weighted by Gasteiger charge is -2.31. The number of hydrogen-bond acceptors (Lipinski definition) is 5. The monoisotopic (exact) mass is 568 g/mol. The van der Waals surface area contributed by atoms with Gasteiger partial charge in [0.15, 0.2) is 0 Å². The molecule has 0 unspecified atom stereocenters. The van der Waals surface area contributed by atoms with Crippen LogP contribution in [0.15, 0.2) is 78.9 Å². The number of halogens is 2. The van der Waals surface area contributed by atoms with E-state index in [0.717, 1.165) is 11.1 Å². The molecular formula is C30H30ClFN2O6. The number of carboxylic acids is 1. The van der Waals surface area contributed by atoms with Gasteiger partial charge < -0.3 is 19.8 Å². The van der Waals surface area contributed by atoms with Crippen molar-refractivity contribution >= 4 is 29.6 Å². The Balaban J connectivity index is 1.59. The van der Waals surface area contributed by atoms with Gasteiger partial charge in [-0.2, -0.15) is 0 Å². The van der Waals surface area contributed by atoms with Crippen molar-refractivity contribution in [2.24, 2.45) is 0 Å². The normalized spacial score (nSPS) is 18.4. The molecule has 1 aliphatic rings. The highest BCUT2D eigenvalue weighted by Gasteiger charge is 2.49. The van der Waals surface area contributed by atoms with E-state index in [1.165, 1.54) is 34.1 Å². The average Bonchev–Trinajstić information content (AvgIpc) is 3.29. The van der Waals surface area contributed by atoms with Crippen LogP contribution >= 0.6 is 11.6 Å². The van der Waals surface area contributed by atoms with E-state index in [-0.39, 0.29) is 32.7 Å². The third-order valence-electron chi connectivity index (χ3n) is 6.92. The smallest absolute Gasteiger partial charge is 0.410 e. The van der Waals surface area contributed by atoms with Gasteiger partial charge in [0.25, 0.3) is 0 Å². The number of amides is 2. The molecule has 10 heteroatoms. The lowest BCUT2D eigenvalue weighted by molar-refractivity contribution is -0.141. The van der Waals surface area contributed by atoms with Crippen molar-refractivity contribution in [3.05, 3.63) is 106 Å². The topological polar surface area (TPSA) is 107 Å². The Morgan fingerprint density at radius 1 is 0.975 bits per heavy atom. The van der Waals surface area contributed by atoms with Gasteiger partial charge in [0.2, 0.25) is 5.91 Å². The van der Waals surface area contributed by atoms with Crippen LogP contribution in [-0.4, -0.2) is 69.8 Å². The second kappa shape index (κ2) is 13.4. The van der Waals surface area contributed by atoms with E-state index < -0.39 is 41.9 Å². The fourth-order valence-corrected chi connectivity index (χ4v) is 5.04. The van der Waals surface area contributed by atoms with Crippen molar-refractivity contribution < 1.29 is 33.7 Å². The SMILES string of the molecule is O=C(O)CCN(CCc1cccc(Cl)c1)C(=O)[C@H]1[C@@H](O)[C@H](c2ccc(F)cc2)CN1C(=O)OCc1ccccc1. The molecule has 0 saturated carbocycles. The zero-order chi connectivity index (χ0) is 28.6. The number of likely N-dealkylation sites (tertiary alicyclic amines) is 1. The van der Waals surface area contributed by atoms with Crippen molar-refractivity contribution in [1.29, 1.82) is 0 Å². The number of carbonyl (C=O) groups excluding carboxylic acids is 2. The molecule has 1 heterocycles. The highest BCUT2D eigenvalue weighted by atomic mass is 35.5. The van der Waals surface area contributed by atoms with E-state index in [1.54, 1.807) is 42.5 Å². The Hall–Kier alpha value is -3.95. The molecule has 0 aliphatic carbocycles. The highest BCUT2D eigenvalue weighted by Crippen LogP contribution is 2.34. The van der Waals surface area contributed by atoms with Crippen molar-refractivity contribution in [2.45, 2.75) is 37.5 Å². The van der Waals surface area contributed by atoms with Crippen LogP contribution in [0.5, 0.6) is 0 Å². The number of aliphatic hydroxyl groups is 1. The molecule has 0 bridgehead atoms. The number of carboxylic acid groups (broad SMARTS) is 1. The van der Waals surface area contributed by atoms with Crippen molar-refractivity contribution in [3.63, 3.8) is 0 Å². The van der Waals surface area contributed by atoms with Gasteiger partial charge in [0.05, 0.1) is 12.5 Å². The molecule has 2 amide bonds. The molecule has 0 aromatic heterocycles. The van der Waals surface area contributed by atoms with E-state index in [4.69, 9.17) is 16.3 Å². The van der Waals surface area contributed by atoms with Gasteiger partial charge in [-0.15, -0.1) is 0 Å². The van der Waals surface area contributed by atoms with Crippen LogP contribution in [0.2, 0.25) is 5.02 Å². The molecule has 40 heavy (non-hydrogen) atoms. The van der Waals surface area contributed by atoms with E-state index in [2.05, 4.69) is 0 Å². The molecule has 8 nitrogen and oxygen atoms in total. The summed E-state index contributed by atoms with van der Waals surface area (Å²) in [5, 5.41) is 21.2. The van der Waals surface area contributed by atoms with Gasteiger partial charge >= 0.3 is 12.1 Å². The molecule has 0 radical (unpaired) electrons. The van der Waals surface area contributed by atoms with E-state index in [1.807, 2.05) is 12.1 Å². The quantitative estimate of drug-likeness (QED) is 0.373. The molecule has 3 aromatic rings. The third-order valence-corrected chi connectivity index (χ3v) is 7.16. The van der Waals surface area contributed by atoms with Crippen molar-refractivity contribution in [1.82, 2.24) is 9.80 Å². The largest absolute Gasteiger partial charge is 0.481 e. The fraction of sp³-hybridized carbons (Fsp3) is 0.300. The number of nitrogens with zero attached hydrogens (tertiary/aromatic N) is 2. The van der Waals surface area contributed by atoms with Gasteiger partial charge in [-0.25, -0.2) is 9.18 Å². The molecule has 1 fully saturated rings. The second-order valence-corrected chi connectivity index (χ2v) is 10.1. The summed E-state index contributed by atoms with van der Waals surface area (Å²) in [6, 6.07) is 20.3. The van der Waals surface area contributed by atoms with Crippen LogP contribution in [0, 0.1) is 5.82 Å². The molecule has 2 N–H and O–H groups in total. The summed E-state index contributed by atoms with van der Waals surface area (Å²) in [5.41, 5.74) is 2.15. The summed E-state index contributed by atoms with van der Waals surface area (Å²) in [7, 11) is 0. The Morgan fingerprint density at radius 3 is 2.35 bits per heavy atom. The van der Waals surface area contributed by atoms with E-state index in [0.29, 0.717) is 17.0 Å². The minimum Gasteiger partial charge on any atom is -0.481 e. The summed E-state index contributed by atoms with van der Waals surface area (Å²) in [6.07, 6.45) is -2.06. The number of ether oxygens (including phenoxy) is 1. The van der Waals surface area contributed by atoms with Gasteiger partial charge in [0, 0.05) is 30.6 Å². The molecule has 4 rings (SSSR count). The molecule has 1 aliphatic heterocycles. The van der Waals surface area contributed by atoms with Gasteiger partial charge in [-0.05, 0) is 47.4 Å². The zero-order valence-electron chi connectivity index (χ0n) is 21.7. The zero-order valence-corrected chi connectivity index (χ0v) is 22.4. The number of hydrogen-bond donors (Lipinski definition) is 2. The standard InChI is InChI=1S/C30H30ClFN2O6/c31-23-8-4-7-20(17-23)13-15-33(16-14-26(35)36)29(38)27-28(37)25(22-9-11-24(32)12-10-22)18-34(27)30(39)40-19-21-5-2-1-3-6-21/h1-12,17,25,27-28,37H,13-16,18-19H2,(H,35,36)/t25-,27+,28-/m0/s1. The van der Waals surface area contributed by atoms with Crippen LogP contribution < -0.4 is 0 Å². The number of carbonyl (C=O) groups is 3. The lowest BCUT2D eigenvalue weighted by atomic mass is 9.93. The molecular weight excluding hydrogens is 539 g/mol. The second-order valence-electron chi connectivity index (χ2n) is 9.63. The Labute approximate surface area is 236 Å². The molecule has 0 spiro atoms. The van der Waals surface area contributed by atoms with E-state index >= 15 is 0 Å². The number of benzene rings is 3. The number of aliphatic hydroxyl groups excluding tert-OH is 1. The minimum atomic E-state index is -1.33. The van der Waals surface area contributed by atoms with Gasteiger partial charge in [-0.3, -0.25) is 14.5 Å². The molecule has 210 valence electrons. The number of aliphatic carboxylic acids is 1. The van der Waals surface area contributed by atoms with E-state index in [9.17, 15) is 29.0 Å². The van der Waals surface area contributed by atoms with Crippen LogP contribution in [0.3, 0.4) is 0 Å². The summed E-state index contributed by atoms with van der Waals surface area (Å²) in [4.78, 5) is 41.1.